The average molecular weight is 982 g/mol. The van der Waals surface area contributed by atoms with E-state index in [1.165, 1.54) is 60.1 Å². The van der Waals surface area contributed by atoms with Gasteiger partial charge in [-0.3, -0.25) is 0 Å². The maximum absolute atomic E-state index is 8.23. The molecule has 0 bridgehead atoms. The summed E-state index contributed by atoms with van der Waals surface area (Å²) in [6, 6.07) is 64.1. The molecule has 0 heterocycles. The Balaban J connectivity index is 1.34. The molecule has 0 aliphatic heterocycles. The van der Waals surface area contributed by atoms with Crippen molar-refractivity contribution in [2.75, 3.05) is 9.80 Å². The second-order valence-electron chi connectivity index (χ2n) is 25.0. The molecule has 0 spiro atoms. The van der Waals surface area contributed by atoms with E-state index in [0.29, 0.717) is 5.02 Å². The molecule has 0 aliphatic carbocycles. The maximum Gasteiger partial charge on any atom is 0.0887 e. The van der Waals surface area contributed by atoms with Gasteiger partial charge in [0.25, 0.3) is 0 Å². The normalized spacial score (nSPS) is 12.8. The van der Waals surface area contributed by atoms with Gasteiger partial charge in [-0.05, 0) is 172 Å². The molecule has 0 aromatic heterocycles. The van der Waals surface area contributed by atoms with Crippen molar-refractivity contribution in [1.29, 1.82) is 0 Å². The van der Waals surface area contributed by atoms with E-state index in [-0.39, 0.29) is 27.1 Å². The number of fused-ring (bicyclic) bond motifs is 6. The SMILES string of the molecule is CCC(C)(C)c1ccc(N(c2cc(C(C)(C)C)cc(C(C)(C)C)c2)c2cccc(N(c3ccc(C(C)(C)CC)cc3)c3ccc(C(C)(C)C)cc3-c3ccc4c5ccccc5c5ccccc5c4c3)c2Cl)cc1. The van der Waals surface area contributed by atoms with Crippen LogP contribution < -0.4 is 9.80 Å². The third kappa shape index (κ3) is 9.93. The van der Waals surface area contributed by atoms with Gasteiger partial charge in [0.15, 0.2) is 0 Å². The third-order valence-corrected chi connectivity index (χ3v) is 16.5. The lowest BCUT2D eigenvalue weighted by Gasteiger charge is -2.34. The molecule has 0 aliphatic rings. The molecule has 0 fully saturated rings. The molecule has 0 atom stereocenters. The summed E-state index contributed by atoms with van der Waals surface area (Å²) in [5, 5.41) is 8.23. The topological polar surface area (TPSA) is 6.48 Å². The first kappa shape index (κ1) is 51.5. The molecular weight excluding hydrogens is 904 g/mol. The van der Waals surface area contributed by atoms with E-state index in [4.69, 9.17) is 11.6 Å². The summed E-state index contributed by atoms with van der Waals surface area (Å²) >= 11 is 8.23. The molecule has 73 heavy (non-hydrogen) atoms. The Labute approximate surface area is 443 Å². The zero-order valence-electron chi connectivity index (χ0n) is 46.4. The van der Waals surface area contributed by atoms with E-state index in [2.05, 4.69) is 284 Å². The molecule has 0 amide bonds. The van der Waals surface area contributed by atoms with Crippen molar-refractivity contribution in [2.45, 2.75) is 144 Å². The zero-order chi connectivity index (χ0) is 52.4. The number of benzene rings is 9. The van der Waals surface area contributed by atoms with Gasteiger partial charge in [0, 0.05) is 22.6 Å². The van der Waals surface area contributed by atoms with Gasteiger partial charge in [0.1, 0.15) is 0 Å². The number of hydrogen-bond acceptors (Lipinski definition) is 2. The fourth-order valence-electron chi connectivity index (χ4n) is 10.3. The molecule has 9 rings (SSSR count). The van der Waals surface area contributed by atoms with E-state index >= 15 is 0 Å². The molecular formula is C70H77ClN2. The summed E-state index contributed by atoms with van der Waals surface area (Å²) in [7, 11) is 0. The molecule has 9 aromatic rings. The number of rotatable bonds is 11. The molecule has 3 heteroatoms. The molecule has 0 saturated carbocycles. The Morgan fingerprint density at radius 2 is 0.740 bits per heavy atom. The van der Waals surface area contributed by atoms with Crippen molar-refractivity contribution in [3.63, 3.8) is 0 Å². The van der Waals surface area contributed by atoms with E-state index in [1.54, 1.807) is 0 Å². The Bertz CT molecular complexity index is 3410. The van der Waals surface area contributed by atoms with Crippen molar-refractivity contribution in [2.24, 2.45) is 0 Å². The van der Waals surface area contributed by atoms with Crippen LogP contribution in [-0.4, -0.2) is 0 Å². The van der Waals surface area contributed by atoms with Crippen LogP contribution in [0.5, 0.6) is 0 Å². The molecule has 9 aromatic carbocycles. The van der Waals surface area contributed by atoms with Gasteiger partial charge in [-0.2, -0.15) is 0 Å². The summed E-state index contributed by atoms with van der Waals surface area (Å²) in [6.45, 7) is 34.7. The van der Waals surface area contributed by atoms with Crippen LogP contribution in [0, 0.1) is 0 Å². The van der Waals surface area contributed by atoms with Crippen LogP contribution in [-0.2, 0) is 27.1 Å². The quantitative estimate of drug-likeness (QED) is 0.119. The minimum Gasteiger partial charge on any atom is -0.309 e. The van der Waals surface area contributed by atoms with Crippen molar-refractivity contribution >= 4 is 78.0 Å². The van der Waals surface area contributed by atoms with E-state index < -0.39 is 0 Å². The molecule has 0 unspecified atom stereocenters. The predicted octanol–water partition coefficient (Wildman–Crippen LogP) is 21.7. The van der Waals surface area contributed by atoms with Crippen LogP contribution in [0.3, 0.4) is 0 Å². The van der Waals surface area contributed by atoms with Gasteiger partial charge in [0.2, 0.25) is 0 Å². The van der Waals surface area contributed by atoms with Crippen LogP contribution in [0.2, 0.25) is 5.02 Å². The summed E-state index contributed by atoms with van der Waals surface area (Å²) in [5.41, 5.74) is 14.6. The van der Waals surface area contributed by atoms with Crippen LogP contribution >= 0.6 is 11.6 Å². The number of nitrogens with zero attached hydrogens (tertiary/aromatic N) is 2. The first-order valence-corrected chi connectivity index (χ1v) is 27.0. The number of hydrogen-bond donors (Lipinski definition) is 0. The van der Waals surface area contributed by atoms with Gasteiger partial charge in [-0.1, -0.05) is 219 Å². The summed E-state index contributed by atoms with van der Waals surface area (Å²) in [4.78, 5) is 4.81. The second kappa shape index (κ2) is 19.2. The second-order valence-corrected chi connectivity index (χ2v) is 25.3. The van der Waals surface area contributed by atoms with Crippen LogP contribution in [0.15, 0.2) is 170 Å². The smallest absolute Gasteiger partial charge is 0.0887 e. The van der Waals surface area contributed by atoms with Gasteiger partial charge in [-0.15, -0.1) is 0 Å². The highest BCUT2D eigenvalue weighted by atomic mass is 35.5. The highest BCUT2D eigenvalue weighted by Gasteiger charge is 2.29. The molecule has 0 radical (unpaired) electrons. The lowest BCUT2D eigenvalue weighted by atomic mass is 9.80. The fourth-order valence-corrected chi connectivity index (χ4v) is 10.6. The highest BCUT2D eigenvalue weighted by molar-refractivity contribution is 6.37. The van der Waals surface area contributed by atoms with Crippen LogP contribution in [0.4, 0.5) is 34.1 Å². The minimum atomic E-state index is -0.0985. The van der Waals surface area contributed by atoms with Crippen LogP contribution in [0.1, 0.15) is 145 Å². The molecule has 0 saturated heterocycles. The average Bonchev–Trinajstić information content (AvgIpc) is 3.37. The summed E-state index contributed by atoms with van der Waals surface area (Å²) in [6.07, 6.45) is 2.08. The Morgan fingerprint density at radius 1 is 0.329 bits per heavy atom. The van der Waals surface area contributed by atoms with E-state index in [1.807, 2.05) is 0 Å². The van der Waals surface area contributed by atoms with E-state index in [9.17, 15) is 0 Å². The minimum absolute atomic E-state index is 0.0222. The van der Waals surface area contributed by atoms with Crippen molar-refractivity contribution < 1.29 is 0 Å². The third-order valence-electron chi connectivity index (χ3n) is 16.1. The number of anilines is 6. The Hall–Kier alpha value is -6.35. The standard InChI is InChI=1S/C70H77ClN2/c1-16-69(12,13)47-30-35-52(36-31-47)72(54-43-50(67(6,7)8)42-51(44-54)68(9,10)11)63-27-22-28-64(65(63)71)73(53-37-32-48(33-38-53)70(14,15)17-2)62-40-34-49(66(3,4)5)45-60(62)46-29-39-59-57-25-19-18-23-55(57)56-24-20-21-26-58(56)61(59)41-46/h18-45H,16-17H2,1-15H3. The number of halogens is 1. The van der Waals surface area contributed by atoms with Gasteiger partial charge in [-0.25, -0.2) is 0 Å². The zero-order valence-corrected chi connectivity index (χ0v) is 47.1. The van der Waals surface area contributed by atoms with Crippen molar-refractivity contribution in [1.82, 2.24) is 0 Å². The monoisotopic (exact) mass is 981 g/mol. The lowest BCUT2D eigenvalue weighted by Crippen LogP contribution is -2.20. The first-order valence-electron chi connectivity index (χ1n) is 26.7. The predicted molar refractivity (Wildman–Crippen MR) is 322 cm³/mol. The van der Waals surface area contributed by atoms with Gasteiger partial charge in [0.05, 0.1) is 22.1 Å². The lowest BCUT2D eigenvalue weighted by molar-refractivity contribution is 0.506. The summed E-state index contributed by atoms with van der Waals surface area (Å²) in [5.74, 6) is 0. The van der Waals surface area contributed by atoms with Crippen molar-refractivity contribution in [3.8, 4) is 11.1 Å². The summed E-state index contributed by atoms with van der Waals surface area (Å²) < 4.78 is 0. The maximum atomic E-state index is 8.23. The highest BCUT2D eigenvalue weighted by Crippen LogP contribution is 2.51. The van der Waals surface area contributed by atoms with Crippen LogP contribution in [0.25, 0.3) is 43.4 Å². The Morgan fingerprint density at radius 3 is 1.19 bits per heavy atom. The first-order chi connectivity index (χ1) is 34.4. The van der Waals surface area contributed by atoms with Gasteiger partial charge < -0.3 is 9.80 Å². The molecule has 0 N–H and O–H groups in total. The molecule has 2 nitrogen and oxygen atoms in total. The van der Waals surface area contributed by atoms with Crippen molar-refractivity contribution in [3.05, 3.63) is 203 Å². The molecule has 374 valence electrons. The van der Waals surface area contributed by atoms with Gasteiger partial charge >= 0.3 is 0 Å². The van der Waals surface area contributed by atoms with E-state index in [0.717, 1.165) is 58.1 Å². The Kier molecular flexibility index (Phi) is 13.5. The largest absolute Gasteiger partial charge is 0.309 e. The fraction of sp³-hybridized carbons (Fsp3) is 0.314.